The molecule has 1 saturated heterocycles. The van der Waals surface area contributed by atoms with Crippen LogP contribution in [0.2, 0.25) is 30.7 Å². The second kappa shape index (κ2) is 13.0. The molecule has 250 valence electrons. The van der Waals surface area contributed by atoms with Gasteiger partial charge in [-0.1, -0.05) is 37.3 Å². The SMILES string of the molecule is Cn1cc2c(Cl)c(-c3cn(COCC[Si](C)(C)C)c4nc(N5CCN(C(=O)OC(C)(C)C)[C@H](CCO)C5)n(C)c(=O)c34)ccc2n1. The van der Waals surface area contributed by atoms with Crippen LogP contribution in [-0.4, -0.2) is 92.6 Å². The average Bonchev–Trinajstić information content (AvgIpc) is 3.52. The highest BCUT2D eigenvalue weighted by Crippen LogP contribution is 2.38. The van der Waals surface area contributed by atoms with E-state index in [4.69, 9.17) is 26.1 Å². The van der Waals surface area contributed by atoms with E-state index < -0.39 is 19.8 Å². The molecule has 14 heteroatoms. The summed E-state index contributed by atoms with van der Waals surface area (Å²) in [7, 11) is 2.25. The first-order valence-electron chi connectivity index (χ1n) is 15.7. The van der Waals surface area contributed by atoms with Crippen molar-refractivity contribution in [3.05, 3.63) is 39.9 Å². The molecule has 3 aromatic heterocycles. The van der Waals surface area contributed by atoms with Crippen LogP contribution in [0.25, 0.3) is 33.1 Å². The Morgan fingerprint density at radius 3 is 2.54 bits per heavy atom. The summed E-state index contributed by atoms with van der Waals surface area (Å²) in [5.74, 6) is 0.478. The Morgan fingerprint density at radius 2 is 1.87 bits per heavy atom. The fourth-order valence-corrected chi connectivity index (χ4v) is 6.88. The van der Waals surface area contributed by atoms with Crippen LogP contribution in [0.4, 0.5) is 10.7 Å². The molecule has 1 atom stereocenters. The number of fused-ring (bicyclic) bond motifs is 2. The number of hydrogen-bond donors (Lipinski definition) is 1. The number of carbonyl (C=O) groups is 1. The van der Waals surface area contributed by atoms with Crippen LogP contribution >= 0.6 is 11.6 Å². The van der Waals surface area contributed by atoms with Gasteiger partial charge in [0.25, 0.3) is 5.56 Å². The maximum atomic E-state index is 14.2. The van der Waals surface area contributed by atoms with Crippen LogP contribution in [0.5, 0.6) is 0 Å². The van der Waals surface area contributed by atoms with Crippen molar-refractivity contribution in [1.82, 2.24) is 28.8 Å². The largest absolute Gasteiger partial charge is 0.444 e. The Kier molecular flexibility index (Phi) is 9.61. The topological polar surface area (TPSA) is 120 Å². The predicted octanol–water partition coefficient (Wildman–Crippen LogP) is 5.06. The van der Waals surface area contributed by atoms with Gasteiger partial charge in [0.15, 0.2) is 5.65 Å². The number of hydrogen-bond acceptors (Lipinski definition) is 8. The van der Waals surface area contributed by atoms with Crippen LogP contribution in [0.3, 0.4) is 0 Å². The zero-order valence-corrected chi connectivity index (χ0v) is 29.9. The monoisotopic (exact) mass is 671 g/mol. The second-order valence-electron chi connectivity index (χ2n) is 14.3. The minimum atomic E-state index is -1.31. The molecule has 1 fully saturated rings. The molecule has 4 aromatic rings. The summed E-state index contributed by atoms with van der Waals surface area (Å²) >= 11 is 6.96. The lowest BCUT2D eigenvalue weighted by atomic mass is 10.0. The lowest BCUT2D eigenvalue weighted by molar-refractivity contribution is 0.0115. The van der Waals surface area contributed by atoms with Crippen LogP contribution in [0.1, 0.15) is 27.2 Å². The number of piperazine rings is 1. The average molecular weight is 672 g/mol. The van der Waals surface area contributed by atoms with E-state index >= 15 is 0 Å². The molecule has 12 nitrogen and oxygen atoms in total. The quantitative estimate of drug-likeness (QED) is 0.194. The Balaban J connectivity index is 1.57. The van der Waals surface area contributed by atoms with Crippen molar-refractivity contribution in [2.75, 3.05) is 37.7 Å². The van der Waals surface area contributed by atoms with E-state index in [9.17, 15) is 14.7 Å². The predicted molar refractivity (Wildman–Crippen MR) is 184 cm³/mol. The normalized spacial score (nSPS) is 16.2. The van der Waals surface area contributed by atoms with Gasteiger partial charge >= 0.3 is 6.09 Å². The number of rotatable bonds is 9. The molecule has 1 amide bonds. The summed E-state index contributed by atoms with van der Waals surface area (Å²) < 4.78 is 16.9. The molecular formula is C32H46ClN7O5Si. The Labute approximate surface area is 275 Å². The summed E-state index contributed by atoms with van der Waals surface area (Å²) in [5.41, 5.74) is 1.80. The molecule has 0 radical (unpaired) electrons. The molecule has 1 aliphatic rings. The first-order chi connectivity index (χ1) is 21.6. The van der Waals surface area contributed by atoms with E-state index in [1.54, 1.807) is 21.2 Å². The molecule has 0 unspecified atom stereocenters. The molecule has 5 rings (SSSR count). The van der Waals surface area contributed by atoms with Crippen molar-refractivity contribution in [2.45, 2.75) is 71.3 Å². The number of anilines is 1. The van der Waals surface area contributed by atoms with Gasteiger partial charge in [-0.2, -0.15) is 10.1 Å². The lowest BCUT2D eigenvalue weighted by Gasteiger charge is -2.42. The first-order valence-corrected chi connectivity index (χ1v) is 19.8. The zero-order valence-electron chi connectivity index (χ0n) is 28.1. The van der Waals surface area contributed by atoms with Gasteiger partial charge in [-0.05, 0) is 39.3 Å². The minimum Gasteiger partial charge on any atom is -0.444 e. The van der Waals surface area contributed by atoms with Gasteiger partial charge in [-0.3, -0.25) is 14.0 Å². The van der Waals surface area contributed by atoms with Gasteiger partial charge in [0.1, 0.15) is 12.3 Å². The number of benzene rings is 1. The van der Waals surface area contributed by atoms with Gasteiger partial charge in [0.2, 0.25) is 5.95 Å². The third kappa shape index (κ3) is 7.12. The molecule has 0 spiro atoms. The summed E-state index contributed by atoms with van der Waals surface area (Å²) in [4.78, 5) is 36.0. The van der Waals surface area contributed by atoms with Gasteiger partial charge in [0, 0.05) is 83.9 Å². The molecule has 1 aromatic carbocycles. The van der Waals surface area contributed by atoms with Crippen molar-refractivity contribution in [1.29, 1.82) is 0 Å². The van der Waals surface area contributed by atoms with Gasteiger partial charge in [-0.25, -0.2) is 4.79 Å². The lowest BCUT2D eigenvalue weighted by Crippen LogP contribution is -2.57. The van der Waals surface area contributed by atoms with Gasteiger partial charge in [-0.15, -0.1) is 0 Å². The summed E-state index contributed by atoms with van der Waals surface area (Å²) in [6.07, 6.45) is 3.72. The smallest absolute Gasteiger partial charge is 0.410 e. The van der Waals surface area contributed by atoms with Crippen molar-refractivity contribution in [3.8, 4) is 11.1 Å². The van der Waals surface area contributed by atoms with Crippen molar-refractivity contribution in [2.24, 2.45) is 14.1 Å². The fourth-order valence-electron chi connectivity index (χ4n) is 5.81. The number of aryl methyl sites for hydroxylation is 1. The maximum Gasteiger partial charge on any atom is 0.410 e. The van der Waals surface area contributed by atoms with Crippen LogP contribution in [0.15, 0.2) is 29.3 Å². The minimum absolute atomic E-state index is 0.0911. The molecule has 46 heavy (non-hydrogen) atoms. The number of nitrogens with zero attached hydrogens (tertiary/aromatic N) is 7. The van der Waals surface area contributed by atoms with E-state index in [-0.39, 0.29) is 24.9 Å². The molecule has 0 saturated carbocycles. The van der Waals surface area contributed by atoms with E-state index in [0.717, 1.165) is 16.9 Å². The number of ether oxygens (including phenoxy) is 2. The number of halogens is 1. The van der Waals surface area contributed by atoms with Crippen molar-refractivity contribution >= 4 is 53.7 Å². The summed E-state index contributed by atoms with van der Waals surface area (Å²) in [6, 6.07) is 4.49. The summed E-state index contributed by atoms with van der Waals surface area (Å²) in [6.45, 7) is 14.3. The Bertz CT molecular complexity index is 1800. The maximum absolute atomic E-state index is 14.2. The number of carbonyl (C=O) groups excluding carboxylic acids is 1. The van der Waals surface area contributed by atoms with Crippen LogP contribution < -0.4 is 10.5 Å². The van der Waals surface area contributed by atoms with Gasteiger partial charge < -0.3 is 28.9 Å². The molecule has 1 N–H and O–H groups in total. The molecule has 4 heterocycles. The standard InChI is InChI=1S/C32H46ClN7O5Si/c1-32(2,3)45-31(43)40-13-12-38(17-21(40)11-14-41)30-34-28-26(29(42)37(30)5)23(19-39(28)20-44-15-16-46(6,7)8)22-9-10-25-24(27(22)33)18-36(4)35-25/h9-10,18-19,21,41H,11-17,20H2,1-8H3/t21-/m1/s1. The molecule has 0 aliphatic carbocycles. The van der Waals surface area contributed by atoms with E-state index in [2.05, 4.69) is 24.7 Å². The second-order valence-corrected chi connectivity index (χ2v) is 20.3. The van der Waals surface area contributed by atoms with Crippen LogP contribution in [-0.2, 0) is 30.3 Å². The molecule has 1 aliphatic heterocycles. The van der Waals surface area contributed by atoms with E-state index in [1.165, 1.54) is 0 Å². The first kappa shape index (κ1) is 34.0. The molecular weight excluding hydrogens is 626 g/mol. The zero-order chi connectivity index (χ0) is 33.6. The van der Waals surface area contributed by atoms with Crippen LogP contribution in [0, 0.1) is 0 Å². The number of aliphatic hydroxyl groups is 1. The highest BCUT2D eigenvalue weighted by atomic mass is 35.5. The molecule has 0 bridgehead atoms. The summed E-state index contributed by atoms with van der Waals surface area (Å²) in [5, 5.41) is 16.1. The highest BCUT2D eigenvalue weighted by Gasteiger charge is 2.35. The fraction of sp³-hybridized carbons (Fsp3) is 0.562. The van der Waals surface area contributed by atoms with Gasteiger partial charge in [0.05, 0.1) is 22.0 Å². The number of amides is 1. The number of aliphatic hydroxyl groups excluding tert-OH is 1. The van der Waals surface area contributed by atoms with Crippen molar-refractivity contribution in [3.63, 3.8) is 0 Å². The Hall–Kier alpha value is -3.39. The Morgan fingerprint density at radius 1 is 1.13 bits per heavy atom. The third-order valence-electron chi connectivity index (χ3n) is 8.19. The third-order valence-corrected chi connectivity index (χ3v) is 10.3. The number of aromatic nitrogens is 5. The highest BCUT2D eigenvalue weighted by molar-refractivity contribution is 6.76. The van der Waals surface area contributed by atoms with E-state index in [1.807, 2.05) is 61.8 Å². The van der Waals surface area contributed by atoms with E-state index in [0.29, 0.717) is 65.8 Å². The van der Waals surface area contributed by atoms with Crippen molar-refractivity contribution < 1.29 is 19.4 Å².